The van der Waals surface area contributed by atoms with Gasteiger partial charge in [0, 0.05) is 18.8 Å². The molecule has 1 aromatic rings. The number of anilines is 1. The summed E-state index contributed by atoms with van der Waals surface area (Å²) in [6.45, 7) is 2.79. The first kappa shape index (κ1) is 14.9. The predicted octanol–water partition coefficient (Wildman–Crippen LogP) is -0.669. The number of nitrogens with one attached hydrogen (secondary N) is 1. The van der Waals surface area contributed by atoms with Gasteiger partial charge in [0.15, 0.2) is 5.44 Å². The summed E-state index contributed by atoms with van der Waals surface area (Å²) >= 11 is 0. The highest BCUT2D eigenvalue weighted by atomic mass is 32.2. The number of β-amino-alcohol motifs (C(OH)–C–C–N with tert-alkyl or cyclic N) is 1. The van der Waals surface area contributed by atoms with Gasteiger partial charge >= 0.3 is 0 Å². The van der Waals surface area contributed by atoms with Crippen molar-refractivity contribution in [1.82, 2.24) is 5.32 Å². The summed E-state index contributed by atoms with van der Waals surface area (Å²) in [5.41, 5.74) is 4.36. The van der Waals surface area contributed by atoms with Crippen molar-refractivity contribution in [2.24, 2.45) is 0 Å². The first-order chi connectivity index (χ1) is 8.34. The SMILES string of the molecule is CC(O)S(=O)(=O)c1cccc(N)c1.OC1CNC1. The molecule has 0 radical (unpaired) electrons. The van der Waals surface area contributed by atoms with Gasteiger partial charge in [0.25, 0.3) is 0 Å². The first-order valence-corrected chi connectivity index (χ1v) is 7.05. The molecule has 0 bridgehead atoms. The molecule has 1 unspecified atom stereocenters. The van der Waals surface area contributed by atoms with Crippen LogP contribution < -0.4 is 11.1 Å². The van der Waals surface area contributed by atoms with Gasteiger partial charge in [0.1, 0.15) is 0 Å². The normalized spacial score (nSPS) is 17.3. The molecule has 1 fully saturated rings. The second-order valence-electron chi connectivity index (χ2n) is 4.03. The molecule has 1 aliphatic heterocycles. The van der Waals surface area contributed by atoms with Crippen molar-refractivity contribution in [1.29, 1.82) is 0 Å². The lowest BCUT2D eigenvalue weighted by atomic mass is 10.2. The minimum absolute atomic E-state index is 0.0440. The van der Waals surface area contributed by atoms with Crippen LogP contribution >= 0.6 is 0 Å². The maximum atomic E-state index is 11.4. The number of aliphatic hydroxyl groups excluding tert-OH is 2. The molecule has 1 aromatic carbocycles. The molecule has 1 atom stereocenters. The van der Waals surface area contributed by atoms with Gasteiger partial charge in [-0.1, -0.05) is 6.07 Å². The molecule has 1 aliphatic rings. The van der Waals surface area contributed by atoms with Crippen LogP contribution in [0.2, 0.25) is 0 Å². The molecule has 18 heavy (non-hydrogen) atoms. The quantitative estimate of drug-likeness (QED) is 0.532. The largest absolute Gasteiger partial charge is 0.399 e. The summed E-state index contributed by atoms with van der Waals surface area (Å²) in [5, 5.41) is 20.3. The van der Waals surface area contributed by atoms with E-state index < -0.39 is 15.3 Å². The Hall–Kier alpha value is -1.15. The van der Waals surface area contributed by atoms with Crippen molar-refractivity contribution in [3.63, 3.8) is 0 Å². The Kier molecular flexibility index (Phi) is 5.09. The van der Waals surface area contributed by atoms with E-state index in [2.05, 4.69) is 5.32 Å². The fourth-order valence-corrected chi connectivity index (χ4v) is 2.12. The topological polar surface area (TPSA) is 113 Å². The van der Waals surface area contributed by atoms with Crippen molar-refractivity contribution in [3.8, 4) is 0 Å². The van der Waals surface area contributed by atoms with Crippen LogP contribution in [0.4, 0.5) is 5.69 Å². The Labute approximate surface area is 106 Å². The van der Waals surface area contributed by atoms with Gasteiger partial charge in [-0.25, -0.2) is 8.42 Å². The lowest BCUT2D eigenvalue weighted by molar-refractivity contribution is 0.117. The zero-order valence-corrected chi connectivity index (χ0v) is 10.9. The highest BCUT2D eigenvalue weighted by Crippen LogP contribution is 2.16. The summed E-state index contributed by atoms with van der Waals surface area (Å²) in [5.74, 6) is 0. The Bertz CT molecular complexity index is 484. The number of nitrogen functional groups attached to an aromatic ring is 1. The lowest BCUT2D eigenvalue weighted by Gasteiger charge is -2.20. The van der Waals surface area contributed by atoms with Crippen molar-refractivity contribution in [2.45, 2.75) is 23.4 Å². The Morgan fingerprint density at radius 2 is 2.00 bits per heavy atom. The smallest absolute Gasteiger partial charge is 0.204 e. The maximum Gasteiger partial charge on any atom is 0.204 e. The van der Waals surface area contributed by atoms with Crippen LogP contribution in [0.3, 0.4) is 0 Å². The molecule has 1 heterocycles. The van der Waals surface area contributed by atoms with Crippen LogP contribution in [0.25, 0.3) is 0 Å². The van der Waals surface area contributed by atoms with Crippen LogP contribution in [0.15, 0.2) is 29.2 Å². The molecular formula is C11H18N2O4S. The van der Waals surface area contributed by atoms with E-state index in [9.17, 15) is 8.42 Å². The lowest BCUT2D eigenvalue weighted by Crippen LogP contribution is -2.46. The minimum Gasteiger partial charge on any atom is -0.399 e. The van der Waals surface area contributed by atoms with Crippen molar-refractivity contribution < 1.29 is 18.6 Å². The van der Waals surface area contributed by atoms with Crippen LogP contribution in [0.5, 0.6) is 0 Å². The highest BCUT2D eigenvalue weighted by molar-refractivity contribution is 7.91. The molecule has 7 heteroatoms. The fourth-order valence-electron chi connectivity index (χ4n) is 1.16. The van der Waals surface area contributed by atoms with Gasteiger partial charge in [-0.2, -0.15) is 0 Å². The number of aliphatic hydroxyl groups is 2. The third-order valence-corrected chi connectivity index (χ3v) is 4.20. The van der Waals surface area contributed by atoms with E-state index in [1.165, 1.54) is 25.1 Å². The zero-order chi connectivity index (χ0) is 13.8. The van der Waals surface area contributed by atoms with Gasteiger partial charge in [-0.15, -0.1) is 0 Å². The molecule has 1 saturated heterocycles. The van der Waals surface area contributed by atoms with E-state index in [1.54, 1.807) is 6.07 Å². The number of hydrogen-bond acceptors (Lipinski definition) is 6. The van der Waals surface area contributed by atoms with E-state index >= 15 is 0 Å². The van der Waals surface area contributed by atoms with Crippen LogP contribution in [-0.2, 0) is 9.84 Å². The molecule has 0 spiro atoms. The minimum atomic E-state index is -3.62. The van der Waals surface area contributed by atoms with Gasteiger partial charge in [0.2, 0.25) is 9.84 Å². The highest BCUT2D eigenvalue weighted by Gasteiger charge is 2.20. The molecule has 6 nitrogen and oxygen atoms in total. The molecule has 0 saturated carbocycles. The summed E-state index contributed by atoms with van der Waals surface area (Å²) in [6.07, 6.45) is -0.0463. The van der Waals surface area contributed by atoms with Gasteiger partial charge in [-0.05, 0) is 25.1 Å². The summed E-state index contributed by atoms with van der Waals surface area (Å²) in [6, 6.07) is 5.84. The molecule has 0 aromatic heterocycles. The Morgan fingerprint density at radius 3 is 2.33 bits per heavy atom. The molecule has 102 valence electrons. The third kappa shape index (κ3) is 3.95. The number of benzene rings is 1. The third-order valence-electron chi connectivity index (χ3n) is 2.40. The second kappa shape index (κ2) is 6.14. The van der Waals surface area contributed by atoms with Gasteiger partial charge in [-0.3, -0.25) is 0 Å². The standard InChI is InChI=1S/C8H11NO3S.C3H7NO/c1-6(10)13(11,12)8-4-2-3-7(9)5-8;5-3-1-4-2-3/h2-6,10H,9H2,1H3;3-5H,1-2H2. The molecular weight excluding hydrogens is 256 g/mol. The number of nitrogens with two attached hydrogens (primary N) is 1. The zero-order valence-electron chi connectivity index (χ0n) is 10.1. The van der Waals surface area contributed by atoms with E-state index in [1.807, 2.05) is 0 Å². The fraction of sp³-hybridized carbons (Fsp3) is 0.455. The van der Waals surface area contributed by atoms with E-state index in [0.29, 0.717) is 5.69 Å². The predicted molar refractivity (Wildman–Crippen MR) is 68.6 cm³/mol. The number of hydrogen-bond donors (Lipinski definition) is 4. The number of rotatable bonds is 2. The van der Waals surface area contributed by atoms with Gasteiger partial charge in [0.05, 0.1) is 11.0 Å². The van der Waals surface area contributed by atoms with Crippen molar-refractivity contribution >= 4 is 15.5 Å². The molecule has 2 rings (SSSR count). The summed E-state index contributed by atoms with van der Waals surface area (Å²) in [7, 11) is -3.62. The Balaban J connectivity index is 0.000000269. The number of sulfone groups is 1. The Morgan fingerprint density at radius 1 is 1.44 bits per heavy atom. The monoisotopic (exact) mass is 274 g/mol. The molecule has 5 N–H and O–H groups in total. The van der Waals surface area contributed by atoms with Crippen LogP contribution in [0.1, 0.15) is 6.92 Å². The van der Waals surface area contributed by atoms with E-state index in [0.717, 1.165) is 13.1 Å². The van der Waals surface area contributed by atoms with Crippen LogP contribution in [-0.4, -0.2) is 43.3 Å². The second-order valence-corrected chi connectivity index (χ2v) is 6.27. The maximum absolute atomic E-state index is 11.4. The van der Waals surface area contributed by atoms with E-state index in [4.69, 9.17) is 15.9 Å². The average Bonchev–Trinajstić information content (AvgIpc) is 2.27. The molecule has 0 aliphatic carbocycles. The van der Waals surface area contributed by atoms with E-state index in [-0.39, 0.29) is 11.0 Å². The van der Waals surface area contributed by atoms with Crippen LogP contribution in [0, 0.1) is 0 Å². The summed E-state index contributed by atoms with van der Waals surface area (Å²) in [4.78, 5) is 0.0440. The first-order valence-electron chi connectivity index (χ1n) is 5.50. The average molecular weight is 274 g/mol. The van der Waals surface area contributed by atoms with Gasteiger partial charge < -0.3 is 21.3 Å². The summed E-state index contributed by atoms with van der Waals surface area (Å²) < 4.78 is 22.8. The van der Waals surface area contributed by atoms with Crippen molar-refractivity contribution in [2.75, 3.05) is 18.8 Å². The van der Waals surface area contributed by atoms with Crippen molar-refractivity contribution in [3.05, 3.63) is 24.3 Å². The molecule has 0 amide bonds.